The van der Waals surface area contributed by atoms with Gasteiger partial charge in [-0.05, 0) is 61.4 Å². The Morgan fingerprint density at radius 1 is 1.18 bits per heavy atom. The van der Waals surface area contributed by atoms with E-state index in [4.69, 9.17) is 16.3 Å². The molecule has 2 aromatic rings. The maximum atomic E-state index is 13.6. The summed E-state index contributed by atoms with van der Waals surface area (Å²) in [5.41, 5.74) is 2.13. The Bertz CT molecular complexity index is 975. The molecule has 0 saturated carbocycles. The highest BCUT2D eigenvalue weighted by Gasteiger charge is 2.34. The zero-order valence-corrected chi connectivity index (χ0v) is 21.0. The van der Waals surface area contributed by atoms with Crippen LogP contribution in [0.1, 0.15) is 62.1 Å². The first-order valence-electron chi connectivity index (χ1n) is 11.4. The molecule has 1 aliphatic heterocycles. The number of halogens is 1. The fourth-order valence-electron chi connectivity index (χ4n) is 4.12. The number of rotatable bonds is 9. The molecule has 1 aromatic carbocycles. The van der Waals surface area contributed by atoms with Crippen molar-refractivity contribution in [3.63, 3.8) is 0 Å². The third-order valence-electron chi connectivity index (χ3n) is 6.07. The first-order chi connectivity index (χ1) is 15.8. The van der Waals surface area contributed by atoms with E-state index in [9.17, 15) is 14.4 Å². The second-order valence-corrected chi connectivity index (χ2v) is 9.61. The largest absolute Gasteiger partial charge is 0.466 e. The van der Waals surface area contributed by atoms with Crippen LogP contribution in [0.3, 0.4) is 0 Å². The van der Waals surface area contributed by atoms with Gasteiger partial charge in [0.25, 0.3) is 0 Å². The number of fused-ring (bicyclic) bond motifs is 1. The Balaban J connectivity index is 1.80. The first kappa shape index (κ1) is 25.2. The minimum atomic E-state index is -0.398. The smallest absolute Gasteiger partial charge is 0.306 e. The number of carbonyl (C=O) groups is 3. The molecule has 0 bridgehead atoms. The highest BCUT2D eigenvalue weighted by Crippen LogP contribution is 2.38. The maximum absolute atomic E-state index is 13.6. The molecule has 1 aliphatic rings. The monoisotopic (exact) mass is 490 g/mol. The number of benzene rings is 1. The van der Waals surface area contributed by atoms with Crippen molar-refractivity contribution in [1.29, 1.82) is 0 Å². The summed E-state index contributed by atoms with van der Waals surface area (Å²) in [5, 5.41) is 2.71. The van der Waals surface area contributed by atoms with Gasteiger partial charge in [-0.1, -0.05) is 30.7 Å². The third kappa shape index (κ3) is 6.15. The number of ether oxygens (including phenoxy) is 1. The molecule has 0 radical (unpaired) electrons. The Labute approximate surface area is 204 Å². The van der Waals surface area contributed by atoms with Crippen molar-refractivity contribution in [1.82, 2.24) is 9.80 Å². The minimum absolute atomic E-state index is 0.0137. The number of hydrogen-bond acceptors (Lipinski definition) is 5. The quantitative estimate of drug-likeness (QED) is 0.471. The van der Waals surface area contributed by atoms with Crippen LogP contribution in [0.2, 0.25) is 5.02 Å². The van der Waals surface area contributed by atoms with Crippen LogP contribution < -0.4 is 0 Å². The second kappa shape index (κ2) is 11.7. The van der Waals surface area contributed by atoms with Crippen LogP contribution in [0.5, 0.6) is 0 Å². The molecule has 0 aliphatic carbocycles. The highest BCUT2D eigenvalue weighted by atomic mass is 35.5. The molecule has 2 atom stereocenters. The first-order valence-corrected chi connectivity index (χ1v) is 12.7. The van der Waals surface area contributed by atoms with E-state index in [1.54, 1.807) is 23.2 Å². The molecule has 3 rings (SSSR count). The lowest BCUT2D eigenvalue weighted by molar-refractivity contribution is -0.147. The predicted octanol–water partition coefficient (Wildman–Crippen LogP) is 4.85. The predicted molar refractivity (Wildman–Crippen MR) is 130 cm³/mol. The number of thiophene rings is 1. The summed E-state index contributed by atoms with van der Waals surface area (Å²) in [4.78, 5) is 43.0. The Kier molecular flexibility index (Phi) is 8.92. The molecular weight excluding hydrogens is 460 g/mol. The number of hydrogen-bond donors (Lipinski definition) is 0. The minimum Gasteiger partial charge on any atom is -0.466 e. The SMILES string of the molecule is CCOC(=O)CCC(=O)N(CC(=O)N1CCc2sccc2C1c1ccc(Cl)cc1)C(C)CC. The molecule has 8 heteroatoms. The van der Waals surface area contributed by atoms with Crippen molar-refractivity contribution < 1.29 is 19.1 Å². The van der Waals surface area contributed by atoms with Crippen molar-refractivity contribution in [2.75, 3.05) is 19.7 Å². The van der Waals surface area contributed by atoms with E-state index in [0.717, 1.165) is 17.5 Å². The summed E-state index contributed by atoms with van der Waals surface area (Å²) in [6, 6.07) is 9.34. The van der Waals surface area contributed by atoms with Crippen LogP contribution in [0, 0.1) is 0 Å². The molecule has 0 fully saturated rings. The van der Waals surface area contributed by atoms with Crippen molar-refractivity contribution in [3.05, 3.63) is 56.7 Å². The molecule has 0 saturated heterocycles. The van der Waals surface area contributed by atoms with E-state index in [-0.39, 0.29) is 49.9 Å². The molecule has 33 heavy (non-hydrogen) atoms. The molecular formula is C25H31ClN2O4S. The Morgan fingerprint density at radius 3 is 2.58 bits per heavy atom. The van der Waals surface area contributed by atoms with Crippen LogP contribution >= 0.6 is 22.9 Å². The second-order valence-electron chi connectivity index (χ2n) is 8.17. The van der Waals surface area contributed by atoms with Gasteiger partial charge in [0.15, 0.2) is 0 Å². The van der Waals surface area contributed by atoms with Gasteiger partial charge in [-0.15, -0.1) is 11.3 Å². The molecule has 2 heterocycles. The van der Waals surface area contributed by atoms with E-state index in [2.05, 4.69) is 11.4 Å². The van der Waals surface area contributed by atoms with E-state index in [1.807, 2.05) is 43.0 Å². The van der Waals surface area contributed by atoms with Gasteiger partial charge in [0, 0.05) is 28.9 Å². The maximum Gasteiger partial charge on any atom is 0.306 e. The Morgan fingerprint density at radius 2 is 1.91 bits per heavy atom. The molecule has 178 valence electrons. The average Bonchev–Trinajstić information content (AvgIpc) is 3.29. The van der Waals surface area contributed by atoms with E-state index >= 15 is 0 Å². The zero-order valence-electron chi connectivity index (χ0n) is 19.4. The molecule has 2 unspecified atom stereocenters. The Hall–Kier alpha value is -2.38. The van der Waals surface area contributed by atoms with Gasteiger partial charge < -0.3 is 14.5 Å². The number of esters is 1. The van der Waals surface area contributed by atoms with Crippen LogP contribution in [0.25, 0.3) is 0 Å². The highest BCUT2D eigenvalue weighted by molar-refractivity contribution is 7.10. The van der Waals surface area contributed by atoms with Gasteiger partial charge in [-0.3, -0.25) is 14.4 Å². The molecule has 0 spiro atoms. The normalized spacial score (nSPS) is 16.1. The van der Waals surface area contributed by atoms with Gasteiger partial charge in [0.1, 0.15) is 6.54 Å². The van der Waals surface area contributed by atoms with Gasteiger partial charge >= 0.3 is 5.97 Å². The van der Waals surface area contributed by atoms with Crippen LogP contribution in [0.4, 0.5) is 0 Å². The van der Waals surface area contributed by atoms with Crippen molar-refractivity contribution >= 4 is 40.7 Å². The van der Waals surface area contributed by atoms with Crippen LogP contribution in [-0.4, -0.2) is 53.3 Å². The molecule has 6 nitrogen and oxygen atoms in total. The third-order valence-corrected chi connectivity index (χ3v) is 7.32. The van der Waals surface area contributed by atoms with Crippen LogP contribution in [-0.2, 0) is 25.5 Å². The summed E-state index contributed by atoms with van der Waals surface area (Å²) >= 11 is 7.81. The van der Waals surface area contributed by atoms with Crippen molar-refractivity contribution in [3.8, 4) is 0 Å². The van der Waals surface area contributed by atoms with Crippen molar-refractivity contribution in [2.24, 2.45) is 0 Å². The molecule has 0 N–H and O–H groups in total. The van der Waals surface area contributed by atoms with Crippen LogP contribution in [0.15, 0.2) is 35.7 Å². The summed E-state index contributed by atoms with van der Waals surface area (Å²) in [6.07, 6.45) is 1.56. The molecule has 2 amide bonds. The van der Waals surface area contributed by atoms with E-state index < -0.39 is 5.97 Å². The lowest BCUT2D eigenvalue weighted by Crippen LogP contribution is -2.49. The summed E-state index contributed by atoms with van der Waals surface area (Å²) in [5.74, 6) is -0.705. The van der Waals surface area contributed by atoms with Gasteiger partial charge in [0.2, 0.25) is 11.8 Å². The van der Waals surface area contributed by atoms with Gasteiger partial charge in [-0.25, -0.2) is 0 Å². The zero-order chi connectivity index (χ0) is 24.0. The summed E-state index contributed by atoms with van der Waals surface area (Å²) in [7, 11) is 0. The van der Waals surface area contributed by atoms with E-state index in [1.165, 1.54) is 4.88 Å². The fourth-order valence-corrected chi connectivity index (χ4v) is 5.15. The number of amides is 2. The fraction of sp³-hybridized carbons (Fsp3) is 0.480. The number of nitrogens with zero attached hydrogens (tertiary/aromatic N) is 2. The average molecular weight is 491 g/mol. The molecule has 1 aromatic heterocycles. The number of carbonyl (C=O) groups excluding carboxylic acids is 3. The topological polar surface area (TPSA) is 66.9 Å². The van der Waals surface area contributed by atoms with Gasteiger partial charge in [0.05, 0.1) is 19.1 Å². The van der Waals surface area contributed by atoms with E-state index in [0.29, 0.717) is 18.0 Å². The van der Waals surface area contributed by atoms with Gasteiger partial charge in [-0.2, -0.15) is 0 Å². The lowest BCUT2D eigenvalue weighted by atomic mass is 9.93. The summed E-state index contributed by atoms with van der Waals surface area (Å²) in [6.45, 7) is 6.51. The lowest BCUT2D eigenvalue weighted by Gasteiger charge is -2.38. The standard InChI is InChI=1S/C25H31ClN2O4S/c1-4-17(3)28(22(29)10-11-24(31)32-5-2)16-23(30)27-14-12-21-20(13-15-33-21)25(27)18-6-8-19(26)9-7-18/h6-9,13,15,17,25H,4-5,10-12,14,16H2,1-3H3. The summed E-state index contributed by atoms with van der Waals surface area (Å²) < 4.78 is 4.94. The van der Waals surface area contributed by atoms with Crippen molar-refractivity contribution in [2.45, 2.75) is 58.5 Å².